The van der Waals surface area contributed by atoms with E-state index in [0.29, 0.717) is 57.6 Å². The third-order valence-corrected chi connectivity index (χ3v) is 26.3. The molecule has 8 aliphatic rings. The summed E-state index contributed by atoms with van der Waals surface area (Å²) in [5.41, 5.74) is 11.9. The molecule has 4 aliphatic carbocycles. The number of thiazole rings is 4. The van der Waals surface area contributed by atoms with Gasteiger partial charge < -0.3 is 40.9 Å². The van der Waals surface area contributed by atoms with Crippen LogP contribution in [0.3, 0.4) is 0 Å². The second kappa shape index (κ2) is 33.1. The van der Waals surface area contributed by atoms with E-state index in [2.05, 4.69) is 105 Å². The van der Waals surface area contributed by atoms with Crippen molar-refractivity contribution in [3.05, 3.63) is 237 Å². The van der Waals surface area contributed by atoms with Gasteiger partial charge in [-0.3, -0.25) is 39.1 Å². The van der Waals surface area contributed by atoms with E-state index in [4.69, 9.17) is 0 Å². The number of rotatable bonds is 16. The highest BCUT2D eigenvalue weighted by atomic mass is 32.1. The minimum absolute atomic E-state index is 0.00154. The SMILES string of the molecule is Cc1ccc(NC2CC3CC2N(C(=O)c2cc(C)cnc2-c2nccs2)C3)nc1.Cc1ccc(NC2CC3CC2N(C(=O)c2cccnc2-c2nccs2)C3)nc1.Cc1ccc(NC2CC3CC2N(C(=O)c2nccc(C)c2-c2nccs2)C3)nc1.Cc1ccc(NC2CC3CC2N(C(=O)c2ncccc2-c2nccs2)C3)nc1. The molecule has 16 heterocycles. The second-order valence-electron chi connectivity index (χ2n) is 31.2. The fraction of sp³-hybridized carbons (Fsp3) is 0.349. The number of anilines is 4. The van der Waals surface area contributed by atoms with E-state index in [1.54, 1.807) is 60.9 Å². The van der Waals surface area contributed by atoms with Gasteiger partial charge in [0.1, 0.15) is 66.1 Å². The van der Waals surface area contributed by atoms with E-state index < -0.39 is 0 Å². The number of nitrogens with one attached hydrogen (secondary N) is 4. The maximum Gasteiger partial charge on any atom is 0.273 e. The molecule has 580 valence electrons. The summed E-state index contributed by atoms with van der Waals surface area (Å²) in [6.07, 6.45) is 29.9. The zero-order valence-corrected chi connectivity index (χ0v) is 67.4. The first-order valence-electron chi connectivity index (χ1n) is 39.0. The van der Waals surface area contributed by atoms with Crippen molar-refractivity contribution in [3.8, 4) is 42.5 Å². The molecule has 0 spiro atoms. The molecule has 12 aromatic rings. The normalized spacial score (nSPS) is 23.0. The number of hydrogen-bond donors (Lipinski definition) is 4. The Labute approximate surface area is 678 Å². The van der Waals surface area contributed by atoms with Gasteiger partial charge in [-0.05, 0) is 211 Å². The van der Waals surface area contributed by atoms with Crippen molar-refractivity contribution in [1.29, 1.82) is 0 Å². The van der Waals surface area contributed by atoms with Crippen molar-refractivity contribution in [2.45, 2.75) is 141 Å². The molecule has 28 heteroatoms. The molecular formula is C86H88N20O4S4. The van der Waals surface area contributed by atoms with Crippen molar-refractivity contribution in [3.63, 3.8) is 0 Å². The summed E-state index contributed by atoms with van der Waals surface area (Å²) in [5, 5.41) is 25.1. The first-order chi connectivity index (χ1) is 55.6. The third kappa shape index (κ3) is 16.1. The largest absolute Gasteiger partial charge is 0.365 e. The molecule has 12 aromatic heterocycles. The Balaban J connectivity index is 0.000000110. The average Bonchev–Trinajstić information content (AvgIpc) is 1.63. The van der Waals surface area contributed by atoms with Crippen molar-refractivity contribution < 1.29 is 19.2 Å². The summed E-state index contributed by atoms with van der Waals surface area (Å²) in [7, 11) is 0. The molecule has 0 radical (unpaired) electrons. The summed E-state index contributed by atoms with van der Waals surface area (Å²) in [6, 6.07) is 29.3. The van der Waals surface area contributed by atoms with Gasteiger partial charge in [0.15, 0.2) is 0 Å². The van der Waals surface area contributed by atoms with Crippen LogP contribution in [0.1, 0.15) is 126 Å². The predicted octanol–water partition coefficient (Wildman–Crippen LogP) is 15.1. The monoisotopic (exact) mass is 1590 g/mol. The van der Waals surface area contributed by atoms with E-state index in [-0.39, 0.29) is 72.0 Å². The number of pyridine rings is 8. The van der Waals surface area contributed by atoms with Crippen LogP contribution in [0.5, 0.6) is 0 Å². The van der Waals surface area contributed by atoms with E-state index in [9.17, 15) is 19.2 Å². The maximum atomic E-state index is 13.6. The Morgan fingerprint density at radius 3 is 1.11 bits per heavy atom. The lowest BCUT2D eigenvalue weighted by molar-refractivity contribution is 0.0680. The first kappa shape index (κ1) is 75.5. The molecule has 114 heavy (non-hydrogen) atoms. The predicted molar refractivity (Wildman–Crippen MR) is 447 cm³/mol. The number of likely N-dealkylation sites (tertiary alicyclic amines) is 4. The maximum absolute atomic E-state index is 13.6. The summed E-state index contributed by atoms with van der Waals surface area (Å²) in [6.45, 7) is 15.3. The van der Waals surface area contributed by atoms with Gasteiger partial charge in [-0.2, -0.15) is 0 Å². The van der Waals surface area contributed by atoms with Crippen LogP contribution in [0.2, 0.25) is 0 Å². The minimum Gasteiger partial charge on any atom is -0.365 e. The molecule has 12 unspecified atom stereocenters. The van der Waals surface area contributed by atoms with Crippen LogP contribution in [-0.4, -0.2) is 178 Å². The van der Waals surface area contributed by atoms with E-state index in [1.165, 1.54) is 34.0 Å². The second-order valence-corrected chi connectivity index (χ2v) is 34.8. The van der Waals surface area contributed by atoms with Gasteiger partial charge in [0.05, 0.1) is 35.3 Å². The summed E-state index contributed by atoms with van der Waals surface area (Å²) in [4.78, 5) is 115. The Hall–Kier alpha value is -11.2. The van der Waals surface area contributed by atoms with Gasteiger partial charge in [0.25, 0.3) is 23.6 Å². The fourth-order valence-electron chi connectivity index (χ4n) is 18.0. The number of carbonyl (C=O) groups excluding carboxylic acids is 4. The molecule has 8 bridgehead atoms. The molecule has 12 atom stereocenters. The van der Waals surface area contributed by atoms with Crippen molar-refractivity contribution in [2.24, 2.45) is 23.7 Å². The number of aromatic nitrogens is 12. The molecular weight excluding hydrogens is 1510 g/mol. The molecule has 24 nitrogen and oxygen atoms in total. The molecule has 0 aromatic carbocycles. The molecule has 4 saturated heterocycles. The smallest absolute Gasteiger partial charge is 0.273 e. The number of hydrogen-bond acceptors (Lipinski definition) is 24. The number of nitrogens with zero attached hydrogens (tertiary/aromatic N) is 16. The number of fused-ring (bicyclic) bond motifs is 8. The van der Waals surface area contributed by atoms with Crippen molar-refractivity contribution >= 4 is 92.2 Å². The number of carbonyl (C=O) groups is 4. The topological polar surface area (TPSA) is 284 Å². The van der Waals surface area contributed by atoms with Gasteiger partial charge in [-0.25, -0.2) is 39.9 Å². The van der Waals surface area contributed by atoms with Gasteiger partial charge >= 0.3 is 0 Å². The Morgan fingerprint density at radius 1 is 0.333 bits per heavy atom. The minimum atomic E-state index is 0.00154. The quantitative estimate of drug-likeness (QED) is 0.0699. The zero-order valence-electron chi connectivity index (χ0n) is 64.2. The van der Waals surface area contributed by atoms with Crippen molar-refractivity contribution in [2.75, 3.05) is 47.4 Å². The highest BCUT2D eigenvalue weighted by Gasteiger charge is 2.52. The number of amides is 4. The lowest BCUT2D eigenvalue weighted by atomic mass is 10.0. The van der Waals surface area contributed by atoms with Crippen LogP contribution >= 0.6 is 45.3 Å². The Bertz CT molecular complexity index is 5120. The Kier molecular flexibility index (Phi) is 21.9. The summed E-state index contributed by atoms with van der Waals surface area (Å²) in [5.74, 6) is 5.75. The molecule has 4 N–H and O–H groups in total. The lowest BCUT2D eigenvalue weighted by Gasteiger charge is -2.34. The first-order valence-corrected chi connectivity index (χ1v) is 42.5. The zero-order chi connectivity index (χ0) is 78.1. The van der Waals surface area contributed by atoms with Crippen molar-refractivity contribution in [1.82, 2.24) is 79.4 Å². The summed E-state index contributed by atoms with van der Waals surface area (Å²) >= 11 is 6.08. The van der Waals surface area contributed by atoms with Gasteiger partial charge in [-0.15, -0.1) is 45.3 Å². The molecule has 8 fully saturated rings. The van der Waals surface area contributed by atoms with E-state index in [0.717, 1.165) is 165 Å². The van der Waals surface area contributed by atoms with E-state index >= 15 is 0 Å². The number of aryl methyl sites for hydroxylation is 6. The average molecular weight is 1590 g/mol. The molecule has 4 aliphatic heterocycles. The lowest BCUT2D eigenvalue weighted by Crippen LogP contribution is -2.48. The standard InChI is InChI=1S/2C22H23N5OS.2C21H21N5OS/c1-13-3-4-19(24-10-13)26-17-8-15-9-18(17)27(12-15)22(28)16-7-14(2)11-25-20(16)21-23-5-6-29-21;1-13-3-4-18(25-11-13)26-16-9-15-10-17(16)27(12-15)22(28)20-19(14(2)5-6-23-20)21-24-7-8-29-21;1-13-4-5-18(24-11-13)25-16-9-14-10-17(16)26(12-14)21(27)15-3-2-6-22-19(15)20-23-7-8-28-20;1-13-4-5-18(24-11-13)25-16-9-14-10-17(16)26(12-14)21(27)19-15(3-2-6-22-19)20-23-7-8-28-20/h3-7,10-11,15,17-18H,8-9,12H2,1-2H3,(H,24,26);3-8,11,15-17H,9-10,12H2,1-2H3,(H,25,26);2*2-8,11,14,16-17H,9-10,12H2,1H3,(H,24,25). The van der Waals surface area contributed by atoms with Crippen LogP contribution in [0.25, 0.3) is 42.5 Å². The fourth-order valence-corrected chi connectivity index (χ4v) is 20.7. The van der Waals surface area contributed by atoms with Gasteiger partial charge in [0, 0.05) is 157 Å². The highest BCUT2D eigenvalue weighted by Crippen LogP contribution is 2.46. The van der Waals surface area contributed by atoms with Crippen LogP contribution in [0.4, 0.5) is 23.3 Å². The summed E-state index contributed by atoms with van der Waals surface area (Å²) < 4.78 is 0. The molecule has 4 amide bonds. The van der Waals surface area contributed by atoms with Crippen LogP contribution in [0, 0.1) is 65.2 Å². The molecule has 4 saturated carbocycles. The van der Waals surface area contributed by atoms with Crippen LogP contribution < -0.4 is 21.3 Å². The number of piperidine rings is 4. The Morgan fingerprint density at radius 2 is 0.702 bits per heavy atom. The van der Waals surface area contributed by atoms with E-state index in [1.807, 2.05) is 168 Å². The molecule has 20 rings (SSSR count). The third-order valence-electron chi connectivity index (χ3n) is 23.2. The van der Waals surface area contributed by atoms with Crippen LogP contribution in [0.15, 0.2) is 181 Å². The van der Waals surface area contributed by atoms with Crippen LogP contribution in [-0.2, 0) is 0 Å². The van der Waals surface area contributed by atoms with Gasteiger partial charge in [-0.1, -0.05) is 24.3 Å². The highest BCUT2D eigenvalue weighted by molar-refractivity contribution is 7.14. The van der Waals surface area contributed by atoms with Gasteiger partial charge in [0.2, 0.25) is 0 Å².